The zero-order valence-corrected chi connectivity index (χ0v) is 16.3. The monoisotopic (exact) mass is 402 g/mol. The van der Waals surface area contributed by atoms with Crippen LogP contribution in [-0.4, -0.2) is 52.9 Å². The van der Waals surface area contributed by atoms with Gasteiger partial charge < -0.3 is 21.3 Å². The first-order valence-corrected chi connectivity index (χ1v) is 9.71. The van der Waals surface area contributed by atoms with Crippen molar-refractivity contribution in [1.29, 1.82) is 0 Å². The quantitative estimate of drug-likeness (QED) is 0.615. The molecule has 2 amide bonds. The van der Waals surface area contributed by atoms with E-state index in [9.17, 15) is 9.59 Å². The standard InChI is InChI=1S/C22H22N6O2/c23-20-19(21(29)26-17-4-2-1-3-5-17)27-18(14-25-20)15-6-8-16(9-7-15)22(30)28-12-10-24-11-13-28/h1-9,14,24H,10-13H2,(H2,23,25)(H,26,29). The summed E-state index contributed by atoms with van der Waals surface area (Å²) in [7, 11) is 0. The molecule has 1 fully saturated rings. The van der Waals surface area contributed by atoms with Gasteiger partial charge in [0.05, 0.1) is 11.9 Å². The molecular weight excluding hydrogens is 380 g/mol. The number of hydrogen-bond donors (Lipinski definition) is 3. The van der Waals surface area contributed by atoms with Crippen molar-refractivity contribution in [3.63, 3.8) is 0 Å². The van der Waals surface area contributed by atoms with Crippen LogP contribution in [0.1, 0.15) is 20.8 Å². The van der Waals surface area contributed by atoms with Crippen molar-refractivity contribution in [3.05, 3.63) is 72.1 Å². The van der Waals surface area contributed by atoms with Crippen LogP contribution < -0.4 is 16.4 Å². The highest BCUT2D eigenvalue weighted by molar-refractivity contribution is 6.06. The zero-order chi connectivity index (χ0) is 20.9. The Morgan fingerprint density at radius 3 is 2.40 bits per heavy atom. The number of nitrogens with two attached hydrogens (primary N) is 1. The third kappa shape index (κ3) is 4.28. The lowest BCUT2D eigenvalue weighted by atomic mass is 10.1. The molecule has 0 spiro atoms. The van der Waals surface area contributed by atoms with Gasteiger partial charge in [-0.2, -0.15) is 0 Å². The van der Waals surface area contributed by atoms with Gasteiger partial charge in [-0.3, -0.25) is 9.59 Å². The maximum Gasteiger partial charge on any atom is 0.278 e. The minimum absolute atomic E-state index is 0.00867. The Hall–Kier alpha value is -3.78. The van der Waals surface area contributed by atoms with E-state index in [1.54, 1.807) is 36.4 Å². The highest BCUT2D eigenvalue weighted by Crippen LogP contribution is 2.20. The average molecular weight is 402 g/mol. The van der Waals surface area contributed by atoms with E-state index in [0.29, 0.717) is 30.0 Å². The molecule has 8 heteroatoms. The summed E-state index contributed by atoms with van der Waals surface area (Å²) in [4.78, 5) is 35.6. The summed E-state index contributed by atoms with van der Waals surface area (Å²) in [6, 6.07) is 16.2. The van der Waals surface area contributed by atoms with Crippen LogP contribution in [0.3, 0.4) is 0 Å². The van der Waals surface area contributed by atoms with Gasteiger partial charge in [0.1, 0.15) is 0 Å². The number of benzene rings is 2. The fourth-order valence-corrected chi connectivity index (χ4v) is 3.25. The smallest absolute Gasteiger partial charge is 0.278 e. The van der Waals surface area contributed by atoms with E-state index in [0.717, 1.165) is 18.7 Å². The molecule has 2 aromatic carbocycles. The highest BCUT2D eigenvalue weighted by Gasteiger charge is 2.19. The molecule has 30 heavy (non-hydrogen) atoms. The van der Waals surface area contributed by atoms with Crippen LogP contribution in [0.25, 0.3) is 11.3 Å². The van der Waals surface area contributed by atoms with Crippen molar-refractivity contribution in [2.45, 2.75) is 0 Å². The van der Waals surface area contributed by atoms with E-state index in [1.165, 1.54) is 6.20 Å². The van der Waals surface area contributed by atoms with Crippen molar-refractivity contribution in [3.8, 4) is 11.3 Å². The summed E-state index contributed by atoms with van der Waals surface area (Å²) in [6.45, 7) is 3.01. The van der Waals surface area contributed by atoms with E-state index in [2.05, 4.69) is 20.6 Å². The van der Waals surface area contributed by atoms with Crippen LogP contribution >= 0.6 is 0 Å². The second kappa shape index (κ2) is 8.71. The topological polar surface area (TPSA) is 113 Å². The number of piperazine rings is 1. The van der Waals surface area contributed by atoms with Gasteiger partial charge in [0, 0.05) is 43.0 Å². The fraction of sp³-hybridized carbons (Fsp3) is 0.182. The van der Waals surface area contributed by atoms with Crippen molar-refractivity contribution in [1.82, 2.24) is 20.2 Å². The van der Waals surface area contributed by atoms with E-state index in [-0.39, 0.29) is 17.4 Å². The molecule has 0 radical (unpaired) electrons. The zero-order valence-electron chi connectivity index (χ0n) is 16.3. The number of amides is 2. The summed E-state index contributed by atoms with van der Waals surface area (Å²) in [5.74, 6) is -0.370. The molecule has 0 aliphatic carbocycles. The molecule has 0 atom stereocenters. The SMILES string of the molecule is Nc1ncc(-c2ccc(C(=O)N3CCNCC3)cc2)nc1C(=O)Nc1ccccc1. The molecule has 4 rings (SSSR count). The Balaban J connectivity index is 1.53. The van der Waals surface area contributed by atoms with E-state index in [1.807, 2.05) is 23.1 Å². The number of carbonyl (C=O) groups is 2. The van der Waals surface area contributed by atoms with E-state index >= 15 is 0 Å². The van der Waals surface area contributed by atoms with Gasteiger partial charge in [0.15, 0.2) is 11.5 Å². The molecule has 4 N–H and O–H groups in total. The number of para-hydroxylation sites is 1. The third-order valence-corrected chi connectivity index (χ3v) is 4.88. The summed E-state index contributed by atoms with van der Waals surface area (Å²) in [5.41, 5.74) is 8.44. The normalized spacial score (nSPS) is 13.7. The Kier molecular flexibility index (Phi) is 5.67. The molecule has 0 bridgehead atoms. The third-order valence-electron chi connectivity index (χ3n) is 4.88. The minimum atomic E-state index is -0.432. The van der Waals surface area contributed by atoms with Crippen LogP contribution in [0.4, 0.5) is 11.5 Å². The van der Waals surface area contributed by atoms with Gasteiger partial charge in [-0.1, -0.05) is 30.3 Å². The molecule has 0 saturated carbocycles. The van der Waals surface area contributed by atoms with Gasteiger partial charge in [-0.05, 0) is 24.3 Å². The van der Waals surface area contributed by atoms with Crippen LogP contribution in [0.5, 0.6) is 0 Å². The van der Waals surface area contributed by atoms with Gasteiger partial charge in [0.2, 0.25) is 0 Å². The number of hydrogen-bond acceptors (Lipinski definition) is 6. The Bertz CT molecular complexity index is 1050. The largest absolute Gasteiger partial charge is 0.382 e. The van der Waals surface area contributed by atoms with E-state index in [4.69, 9.17) is 5.73 Å². The van der Waals surface area contributed by atoms with Crippen molar-refractivity contribution in [2.24, 2.45) is 0 Å². The molecule has 1 saturated heterocycles. The van der Waals surface area contributed by atoms with Crippen LogP contribution in [0.2, 0.25) is 0 Å². The first kappa shape index (κ1) is 19.5. The Labute approximate surface area is 174 Å². The molecule has 3 aromatic rings. The van der Waals surface area contributed by atoms with Gasteiger partial charge in [-0.25, -0.2) is 9.97 Å². The molecule has 2 heterocycles. The van der Waals surface area contributed by atoms with Crippen LogP contribution in [0, 0.1) is 0 Å². The second-order valence-electron chi connectivity index (χ2n) is 6.93. The summed E-state index contributed by atoms with van der Waals surface area (Å²) in [5, 5.41) is 6.00. The summed E-state index contributed by atoms with van der Waals surface area (Å²) in [6.07, 6.45) is 1.52. The number of rotatable bonds is 4. The first-order valence-electron chi connectivity index (χ1n) is 9.71. The Morgan fingerprint density at radius 1 is 1.00 bits per heavy atom. The number of aromatic nitrogens is 2. The number of nitrogens with one attached hydrogen (secondary N) is 2. The summed E-state index contributed by atoms with van der Waals surface area (Å²) < 4.78 is 0. The molecule has 152 valence electrons. The predicted molar refractivity (Wildman–Crippen MR) is 115 cm³/mol. The summed E-state index contributed by atoms with van der Waals surface area (Å²) >= 11 is 0. The maximum atomic E-state index is 12.6. The fourth-order valence-electron chi connectivity index (χ4n) is 3.25. The van der Waals surface area contributed by atoms with Gasteiger partial charge in [-0.15, -0.1) is 0 Å². The average Bonchev–Trinajstić information content (AvgIpc) is 2.80. The first-order chi connectivity index (χ1) is 14.6. The van der Waals surface area contributed by atoms with Crippen molar-refractivity contribution >= 4 is 23.3 Å². The number of anilines is 2. The number of nitrogen functional groups attached to an aromatic ring is 1. The van der Waals surface area contributed by atoms with Crippen molar-refractivity contribution in [2.75, 3.05) is 37.2 Å². The molecular formula is C22H22N6O2. The lowest BCUT2D eigenvalue weighted by Gasteiger charge is -2.27. The Morgan fingerprint density at radius 2 is 1.70 bits per heavy atom. The van der Waals surface area contributed by atoms with Gasteiger partial charge in [0.25, 0.3) is 11.8 Å². The van der Waals surface area contributed by atoms with Crippen LogP contribution in [0.15, 0.2) is 60.8 Å². The molecule has 1 aliphatic rings. The van der Waals surface area contributed by atoms with Gasteiger partial charge >= 0.3 is 0 Å². The molecule has 8 nitrogen and oxygen atoms in total. The molecule has 0 unspecified atom stereocenters. The number of nitrogens with zero attached hydrogens (tertiary/aromatic N) is 3. The molecule has 1 aliphatic heterocycles. The van der Waals surface area contributed by atoms with Crippen LogP contribution in [-0.2, 0) is 0 Å². The maximum absolute atomic E-state index is 12.6. The minimum Gasteiger partial charge on any atom is -0.382 e. The predicted octanol–water partition coefficient (Wildman–Crippen LogP) is 2.02. The second-order valence-corrected chi connectivity index (χ2v) is 6.93. The van der Waals surface area contributed by atoms with Crippen molar-refractivity contribution < 1.29 is 9.59 Å². The lowest BCUT2D eigenvalue weighted by molar-refractivity contribution is 0.0735. The number of carbonyl (C=O) groups excluding carboxylic acids is 2. The highest BCUT2D eigenvalue weighted by atomic mass is 16.2. The van der Waals surface area contributed by atoms with E-state index < -0.39 is 5.91 Å². The molecule has 1 aromatic heterocycles. The lowest BCUT2D eigenvalue weighted by Crippen LogP contribution is -2.46.